The average Bonchev–Trinajstić information content (AvgIpc) is 2.78. The molecular weight excluding hydrogens is 314 g/mol. The molecule has 0 bridgehead atoms. The Balaban J connectivity index is 2.01. The summed E-state index contributed by atoms with van der Waals surface area (Å²) in [5, 5.41) is 15.3. The number of hydrogen-bond acceptors (Lipinski definition) is 6. The van der Waals surface area contributed by atoms with Crippen molar-refractivity contribution in [1.29, 1.82) is 0 Å². The molecule has 22 heavy (non-hydrogen) atoms. The van der Waals surface area contributed by atoms with Crippen LogP contribution in [0.3, 0.4) is 0 Å². The number of amides is 2. The van der Waals surface area contributed by atoms with Crippen LogP contribution in [0, 0.1) is 10.1 Å². The molecule has 1 heterocycles. The molecule has 1 aliphatic rings. The fraction of sp³-hybridized carbons (Fsp3) is 0.333. The molecule has 1 fully saturated rings. The van der Waals surface area contributed by atoms with Crippen LogP contribution in [0.1, 0.15) is 6.42 Å². The zero-order valence-corrected chi connectivity index (χ0v) is 12.1. The van der Waals surface area contributed by atoms with Crippen LogP contribution in [0.15, 0.2) is 24.3 Å². The maximum Gasteiger partial charge on any atom is 0.313 e. The van der Waals surface area contributed by atoms with Gasteiger partial charge in [-0.2, -0.15) is 0 Å². The number of anilines is 1. The summed E-state index contributed by atoms with van der Waals surface area (Å²) in [4.78, 5) is 33.6. The number of nitro groups is 1. The largest absolute Gasteiger partial charge is 0.344 e. The van der Waals surface area contributed by atoms with Gasteiger partial charge in [-0.25, -0.2) is 8.42 Å². The first-order chi connectivity index (χ1) is 10.3. The van der Waals surface area contributed by atoms with Gasteiger partial charge in [0, 0.05) is 12.1 Å². The second-order valence-electron chi connectivity index (χ2n) is 4.80. The van der Waals surface area contributed by atoms with Gasteiger partial charge in [0.05, 0.1) is 16.4 Å². The minimum absolute atomic E-state index is 0.0380. The van der Waals surface area contributed by atoms with Crippen LogP contribution in [-0.2, 0) is 19.4 Å². The first kappa shape index (κ1) is 15.9. The topological polar surface area (TPSA) is 135 Å². The predicted octanol–water partition coefficient (Wildman–Crippen LogP) is -0.163. The van der Waals surface area contributed by atoms with Gasteiger partial charge in [-0.05, 0) is 12.5 Å². The highest BCUT2D eigenvalue weighted by Crippen LogP contribution is 2.23. The van der Waals surface area contributed by atoms with Crippen LogP contribution in [-0.4, -0.2) is 42.7 Å². The van der Waals surface area contributed by atoms with Gasteiger partial charge in [0.15, 0.2) is 9.84 Å². The van der Waals surface area contributed by atoms with Gasteiger partial charge in [-0.3, -0.25) is 19.7 Å². The van der Waals surface area contributed by atoms with Crippen LogP contribution < -0.4 is 10.6 Å². The monoisotopic (exact) mass is 327 g/mol. The minimum atomic E-state index is -3.18. The van der Waals surface area contributed by atoms with Crippen molar-refractivity contribution in [3.05, 3.63) is 34.4 Å². The molecule has 0 aromatic heterocycles. The highest BCUT2D eigenvalue weighted by Gasteiger charge is 2.30. The van der Waals surface area contributed by atoms with E-state index in [1.807, 2.05) is 0 Å². The van der Waals surface area contributed by atoms with Crippen molar-refractivity contribution in [2.45, 2.75) is 12.5 Å². The third-order valence-electron chi connectivity index (χ3n) is 3.12. The smallest absolute Gasteiger partial charge is 0.313 e. The van der Waals surface area contributed by atoms with Crippen molar-refractivity contribution in [2.75, 3.05) is 16.8 Å². The average molecular weight is 327 g/mol. The summed E-state index contributed by atoms with van der Waals surface area (Å²) in [5.41, 5.74) is -0.446. The van der Waals surface area contributed by atoms with Gasteiger partial charge in [0.25, 0.3) is 5.69 Å². The summed E-state index contributed by atoms with van der Waals surface area (Å²) >= 11 is 0. The minimum Gasteiger partial charge on any atom is -0.344 e. The molecule has 2 amide bonds. The molecule has 2 N–H and O–H groups in total. The Kier molecular flexibility index (Phi) is 4.40. The lowest BCUT2D eigenvalue weighted by Crippen LogP contribution is -2.42. The molecule has 0 aliphatic carbocycles. The van der Waals surface area contributed by atoms with Crippen LogP contribution in [0.4, 0.5) is 11.4 Å². The van der Waals surface area contributed by atoms with E-state index in [9.17, 15) is 28.1 Å². The highest BCUT2D eigenvalue weighted by atomic mass is 32.2. The second kappa shape index (κ2) is 6.10. The summed E-state index contributed by atoms with van der Waals surface area (Å²) in [6.45, 7) is 0. The van der Waals surface area contributed by atoms with Crippen molar-refractivity contribution < 1.29 is 22.9 Å². The number of para-hydroxylation sites is 2. The molecule has 0 saturated carbocycles. The number of carbonyl (C=O) groups is 2. The third kappa shape index (κ3) is 3.79. The molecule has 0 spiro atoms. The Bertz CT molecular complexity index is 730. The number of nitro benzene ring substituents is 1. The Labute approximate surface area is 125 Å². The maximum absolute atomic E-state index is 11.7. The lowest BCUT2D eigenvalue weighted by molar-refractivity contribution is -0.383. The summed E-state index contributed by atoms with van der Waals surface area (Å²) < 4.78 is 22.6. The summed E-state index contributed by atoms with van der Waals surface area (Å²) in [7, 11) is -3.18. The molecule has 1 aromatic carbocycles. The Morgan fingerprint density at radius 2 is 1.91 bits per heavy atom. The molecule has 1 unspecified atom stereocenters. The van der Waals surface area contributed by atoms with Crippen LogP contribution in [0.2, 0.25) is 0 Å². The lowest BCUT2D eigenvalue weighted by Gasteiger charge is -2.10. The van der Waals surface area contributed by atoms with Gasteiger partial charge in [-0.15, -0.1) is 0 Å². The molecule has 0 radical (unpaired) electrons. The molecule has 1 aliphatic heterocycles. The first-order valence-corrected chi connectivity index (χ1v) is 8.16. The van der Waals surface area contributed by atoms with E-state index in [-0.39, 0.29) is 29.3 Å². The van der Waals surface area contributed by atoms with Crippen LogP contribution >= 0.6 is 0 Å². The lowest BCUT2D eigenvalue weighted by atomic mass is 10.2. The Morgan fingerprint density at radius 3 is 2.50 bits per heavy atom. The number of carbonyl (C=O) groups excluding carboxylic acids is 2. The summed E-state index contributed by atoms with van der Waals surface area (Å²) in [6, 6.07) is 4.77. The molecule has 1 aromatic rings. The van der Waals surface area contributed by atoms with E-state index in [4.69, 9.17) is 0 Å². The zero-order chi connectivity index (χ0) is 16.3. The van der Waals surface area contributed by atoms with E-state index in [1.54, 1.807) is 0 Å². The summed E-state index contributed by atoms with van der Waals surface area (Å²) in [6.07, 6.45) is 0.243. The summed E-state index contributed by atoms with van der Waals surface area (Å²) in [5.74, 6) is -2.36. The van der Waals surface area contributed by atoms with E-state index < -0.39 is 32.6 Å². The molecule has 10 heteroatoms. The fourth-order valence-electron chi connectivity index (χ4n) is 2.08. The standard InChI is InChI=1S/C12H13N3O6S/c16-11(13-8-5-6-22(20,21)7-8)12(17)14-9-3-1-2-4-10(9)15(18)19/h1-4,8H,5-7H2,(H,13,16)(H,14,17). The van der Waals surface area contributed by atoms with Gasteiger partial charge >= 0.3 is 11.8 Å². The van der Waals surface area contributed by atoms with Crippen LogP contribution in [0.5, 0.6) is 0 Å². The molecule has 9 nitrogen and oxygen atoms in total. The molecule has 1 saturated heterocycles. The van der Waals surface area contributed by atoms with Crippen molar-refractivity contribution in [1.82, 2.24) is 5.32 Å². The molecule has 118 valence electrons. The first-order valence-electron chi connectivity index (χ1n) is 6.34. The quantitative estimate of drug-likeness (QED) is 0.450. The van der Waals surface area contributed by atoms with Crippen molar-refractivity contribution >= 4 is 33.0 Å². The van der Waals surface area contributed by atoms with Crippen molar-refractivity contribution in [3.63, 3.8) is 0 Å². The Hall–Kier alpha value is -2.49. The van der Waals surface area contributed by atoms with Gasteiger partial charge in [0.1, 0.15) is 5.69 Å². The normalized spacial score (nSPS) is 19.4. The Morgan fingerprint density at radius 1 is 1.23 bits per heavy atom. The predicted molar refractivity (Wildman–Crippen MR) is 76.9 cm³/mol. The number of rotatable bonds is 3. The van der Waals surface area contributed by atoms with Crippen molar-refractivity contribution in [3.8, 4) is 0 Å². The molecule has 2 rings (SSSR count). The number of nitrogens with zero attached hydrogens (tertiary/aromatic N) is 1. The zero-order valence-electron chi connectivity index (χ0n) is 11.3. The fourth-order valence-corrected chi connectivity index (χ4v) is 3.75. The van der Waals surface area contributed by atoms with E-state index in [0.29, 0.717) is 0 Å². The SMILES string of the molecule is O=C(Nc1ccccc1[N+](=O)[O-])C(=O)NC1CCS(=O)(=O)C1. The van der Waals surface area contributed by atoms with E-state index in [2.05, 4.69) is 10.6 Å². The molecule has 1 atom stereocenters. The highest BCUT2D eigenvalue weighted by molar-refractivity contribution is 7.91. The van der Waals surface area contributed by atoms with Crippen molar-refractivity contribution in [2.24, 2.45) is 0 Å². The van der Waals surface area contributed by atoms with Gasteiger partial charge in [0.2, 0.25) is 0 Å². The number of benzene rings is 1. The second-order valence-corrected chi connectivity index (χ2v) is 7.03. The molecular formula is C12H13N3O6S. The van der Waals surface area contributed by atoms with E-state index in [0.717, 1.165) is 0 Å². The van der Waals surface area contributed by atoms with Gasteiger partial charge < -0.3 is 10.6 Å². The van der Waals surface area contributed by atoms with Gasteiger partial charge in [-0.1, -0.05) is 12.1 Å². The number of hydrogen-bond donors (Lipinski definition) is 2. The number of nitrogens with one attached hydrogen (secondary N) is 2. The number of sulfone groups is 1. The van der Waals surface area contributed by atoms with E-state index in [1.165, 1.54) is 24.3 Å². The third-order valence-corrected chi connectivity index (χ3v) is 4.89. The van der Waals surface area contributed by atoms with E-state index >= 15 is 0 Å². The maximum atomic E-state index is 11.7. The van der Waals surface area contributed by atoms with Crippen LogP contribution in [0.25, 0.3) is 0 Å².